The normalized spacial score (nSPS) is 22.4. The van der Waals surface area contributed by atoms with Crippen LogP contribution in [0, 0.1) is 11.8 Å². The molecule has 2 aliphatic carbocycles. The average Bonchev–Trinajstić information content (AvgIpc) is 3.38. The highest BCUT2D eigenvalue weighted by molar-refractivity contribution is 5.94. The number of aromatic nitrogens is 4. The van der Waals surface area contributed by atoms with Gasteiger partial charge in [0.1, 0.15) is 11.4 Å². The van der Waals surface area contributed by atoms with Gasteiger partial charge in [0.05, 0.1) is 39.5 Å². The predicted molar refractivity (Wildman–Crippen MR) is 167 cm³/mol. The van der Waals surface area contributed by atoms with Crippen LogP contribution in [0.25, 0.3) is 45.3 Å². The summed E-state index contributed by atoms with van der Waals surface area (Å²) in [6.07, 6.45) is 10.4. The molecule has 0 saturated heterocycles. The third-order valence-corrected chi connectivity index (χ3v) is 9.64. The standard InChI is InChI=1S/C35H35N5O2/c1-19-12-14-24-23(16-19)30-32-31(21-8-4-5-9-22(21)33(30)42-35(24,2)3)36-27-15-13-20(17-28(27)37-32)18-29(41)40-34-38-25-10-6-7-11-26(25)39-34/h6-11,13,15,17,19,23-24H,4-5,12,14,16,18H2,1-3H3,(H2,38,39,40,41). The molecule has 1 amide bonds. The lowest BCUT2D eigenvalue weighted by atomic mass is 9.64. The summed E-state index contributed by atoms with van der Waals surface area (Å²) in [5, 5.41) is 5.25. The Kier molecular flexibility index (Phi) is 5.68. The molecule has 3 heterocycles. The first kappa shape index (κ1) is 25.5. The molecule has 1 saturated carbocycles. The summed E-state index contributed by atoms with van der Waals surface area (Å²) < 4.78 is 6.92. The topological polar surface area (TPSA) is 92.8 Å². The molecule has 2 N–H and O–H groups in total. The molecule has 2 aromatic heterocycles. The fourth-order valence-corrected chi connectivity index (χ4v) is 7.65. The van der Waals surface area contributed by atoms with Crippen LogP contribution in [-0.4, -0.2) is 31.4 Å². The molecular formula is C35H35N5O2. The summed E-state index contributed by atoms with van der Waals surface area (Å²) in [7, 11) is 0. The fraction of sp³-hybridized carbons (Fsp3) is 0.371. The number of anilines is 1. The number of nitrogens with one attached hydrogen (secondary N) is 2. The third-order valence-electron chi connectivity index (χ3n) is 9.64. The number of ether oxygens (including phenoxy) is 1. The van der Waals surface area contributed by atoms with E-state index in [1.54, 1.807) is 0 Å². The van der Waals surface area contributed by atoms with Crippen LogP contribution < -0.4 is 20.5 Å². The van der Waals surface area contributed by atoms with Crippen LogP contribution in [-0.2, 0) is 11.2 Å². The van der Waals surface area contributed by atoms with E-state index in [0.29, 0.717) is 23.7 Å². The minimum atomic E-state index is -0.227. The number of aromatic amines is 1. The number of nitrogens with zero attached hydrogens (tertiary/aromatic N) is 3. The number of fused-ring (bicyclic) bond motifs is 10. The lowest BCUT2D eigenvalue weighted by molar-refractivity contribution is -0.115. The maximum Gasteiger partial charge on any atom is 0.231 e. The number of hydrogen-bond acceptors (Lipinski definition) is 5. The number of imidazole rings is 1. The molecular weight excluding hydrogens is 522 g/mol. The van der Waals surface area contributed by atoms with E-state index in [4.69, 9.17) is 14.7 Å². The van der Waals surface area contributed by atoms with Crippen molar-refractivity contribution in [2.45, 2.75) is 70.8 Å². The Labute approximate surface area is 244 Å². The van der Waals surface area contributed by atoms with Crippen molar-refractivity contribution in [3.63, 3.8) is 0 Å². The Bertz CT molecular complexity index is 2010. The summed E-state index contributed by atoms with van der Waals surface area (Å²) in [5.41, 5.74) is 7.21. The van der Waals surface area contributed by atoms with Crippen molar-refractivity contribution in [3.05, 3.63) is 64.0 Å². The van der Waals surface area contributed by atoms with Crippen molar-refractivity contribution in [2.75, 3.05) is 5.32 Å². The molecule has 0 bridgehead atoms. The Morgan fingerprint density at radius 3 is 2.64 bits per heavy atom. The van der Waals surface area contributed by atoms with Crippen molar-refractivity contribution in [3.8, 4) is 5.75 Å². The van der Waals surface area contributed by atoms with Gasteiger partial charge in [0.15, 0.2) is 0 Å². The molecule has 5 aromatic rings. The van der Waals surface area contributed by atoms with Crippen LogP contribution in [0.3, 0.4) is 0 Å². The number of hydrogen-bond donors (Lipinski definition) is 2. The molecule has 7 nitrogen and oxygen atoms in total. The molecule has 1 aliphatic heterocycles. The molecule has 3 unspecified atom stereocenters. The number of rotatable bonds is 3. The second kappa shape index (κ2) is 9.38. The maximum absolute atomic E-state index is 13.0. The molecule has 0 spiro atoms. The second-order valence-corrected chi connectivity index (χ2v) is 13.0. The van der Waals surface area contributed by atoms with E-state index in [1.165, 1.54) is 17.2 Å². The molecule has 1 fully saturated rings. The molecule has 3 aliphatic rings. The zero-order chi connectivity index (χ0) is 28.6. The second-order valence-electron chi connectivity index (χ2n) is 13.0. The first-order chi connectivity index (χ1) is 20.3. The van der Waals surface area contributed by atoms with Crippen LogP contribution in [0.2, 0.25) is 0 Å². The zero-order valence-electron chi connectivity index (χ0n) is 24.3. The molecule has 8 rings (SSSR count). The average molecular weight is 558 g/mol. The van der Waals surface area contributed by atoms with Gasteiger partial charge in [0, 0.05) is 21.9 Å². The van der Waals surface area contributed by atoms with Crippen molar-refractivity contribution in [1.29, 1.82) is 0 Å². The molecule has 3 aromatic carbocycles. The number of H-pyrrole nitrogens is 1. The van der Waals surface area contributed by atoms with Gasteiger partial charge in [0.25, 0.3) is 0 Å². The van der Waals surface area contributed by atoms with Crippen molar-refractivity contribution >= 4 is 57.1 Å². The van der Waals surface area contributed by atoms with Gasteiger partial charge in [-0.25, -0.2) is 15.0 Å². The van der Waals surface area contributed by atoms with Crippen LogP contribution in [0.15, 0.2) is 42.5 Å². The van der Waals surface area contributed by atoms with Gasteiger partial charge >= 0.3 is 0 Å². The third kappa shape index (κ3) is 4.09. The van der Waals surface area contributed by atoms with Gasteiger partial charge in [-0.05, 0) is 81.2 Å². The van der Waals surface area contributed by atoms with Crippen molar-refractivity contribution in [1.82, 2.24) is 19.9 Å². The molecule has 7 heteroatoms. The smallest absolute Gasteiger partial charge is 0.231 e. The lowest BCUT2D eigenvalue weighted by Gasteiger charge is -2.49. The Morgan fingerprint density at radius 1 is 0.976 bits per heavy atom. The number of amides is 1. The van der Waals surface area contributed by atoms with Crippen molar-refractivity contribution in [2.24, 2.45) is 11.8 Å². The molecule has 3 atom stereocenters. The molecule has 212 valence electrons. The van der Waals surface area contributed by atoms with Crippen LogP contribution >= 0.6 is 0 Å². The molecule has 0 radical (unpaired) electrons. The summed E-state index contributed by atoms with van der Waals surface area (Å²) in [5.74, 6) is 2.84. The van der Waals surface area contributed by atoms with E-state index < -0.39 is 0 Å². The van der Waals surface area contributed by atoms with E-state index in [1.807, 2.05) is 42.5 Å². The zero-order valence-corrected chi connectivity index (χ0v) is 24.3. The van der Waals surface area contributed by atoms with E-state index >= 15 is 0 Å². The summed E-state index contributed by atoms with van der Waals surface area (Å²) >= 11 is 0. The van der Waals surface area contributed by atoms with Gasteiger partial charge in [-0.3, -0.25) is 10.1 Å². The lowest BCUT2D eigenvalue weighted by Crippen LogP contribution is -2.49. The van der Waals surface area contributed by atoms with Gasteiger partial charge in [-0.2, -0.15) is 0 Å². The number of para-hydroxylation sites is 2. The largest absolute Gasteiger partial charge is 0.487 e. The summed E-state index contributed by atoms with van der Waals surface area (Å²) in [6, 6.07) is 13.7. The van der Waals surface area contributed by atoms with Crippen LogP contribution in [0.1, 0.15) is 69.9 Å². The number of benzene rings is 3. The Balaban J connectivity index is 1.23. The fourth-order valence-electron chi connectivity index (χ4n) is 7.65. The summed E-state index contributed by atoms with van der Waals surface area (Å²) in [4.78, 5) is 31.2. The minimum absolute atomic E-state index is 0.131. The van der Waals surface area contributed by atoms with Crippen molar-refractivity contribution < 1.29 is 9.53 Å². The van der Waals surface area contributed by atoms with E-state index in [2.05, 4.69) is 48.2 Å². The van der Waals surface area contributed by atoms with E-state index in [-0.39, 0.29) is 17.9 Å². The monoisotopic (exact) mass is 557 g/mol. The van der Waals surface area contributed by atoms with Gasteiger partial charge in [0.2, 0.25) is 11.9 Å². The van der Waals surface area contributed by atoms with Crippen LogP contribution in [0.4, 0.5) is 5.95 Å². The highest BCUT2D eigenvalue weighted by Crippen LogP contribution is 2.53. The van der Waals surface area contributed by atoms with E-state index in [0.717, 1.165) is 75.3 Å². The van der Waals surface area contributed by atoms with Gasteiger partial charge in [-0.1, -0.05) is 43.7 Å². The van der Waals surface area contributed by atoms with Gasteiger partial charge in [-0.15, -0.1) is 0 Å². The number of carbonyl (C=O) groups is 1. The SMILES string of the molecule is CC1CCC2C(C1)c1c(c3c(c4nc5ccc(CC(=O)Nc6nc7ccccc7[nH]6)cc5nc14)=CCCC=3)OC2(C)C. The maximum atomic E-state index is 13.0. The van der Waals surface area contributed by atoms with Gasteiger partial charge < -0.3 is 9.72 Å². The molecule has 42 heavy (non-hydrogen) atoms. The highest BCUT2D eigenvalue weighted by Gasteiger charge is 2.47. The quantitative estimate of drug-likeness (QED) is 0.270. The van der Waals surface area contributed by atoms with Crippen LogP contribution in [0.5, 0.6) is 5.75 Å². The van der Waals surface area contributed by atoms with E-state index in [9.17, 15) is 4.79 Å². The predicted octanol–water partition coefficient (Wildman–Crippen LogP) is 5.89. The minimum Gasteiger partial charge on any atom is -0.487 e. The first-order valence-electron chi connectivity index (χ1n) is 15.2. The highest BCUT2D eigenvalue weighted by atomic mass is 16.5. The first-order valence-corrected chi connectivity index (χ1v) is 15.2. The summed E-state index contributed by atoms with van der Waals surface area (Å²) in [6.45, 7) is 6.91. The Morgan fingerprint density at radius 2 is 1.79 bits per heavy atom. The number of carbonyl (C=O) groups excluding carboxylic acids is 1. The Hall–Kier alpha value is -4.26.